The van der Waals surface area contributed by atoms with Gasteiger partial charge in [0.1, 0.15) is 12.4 Å². The standard InChI is InChI=1S/C21H19N3O2/c1-3-12-24-19-11-6-5-10-18(19)20(21(24)25)23-22-15-16-8-7-9-17(14-16)26-13-4-2/h3-11,14-15H,1-2,12-13H2/b22-15-,23-20-. The predicted octanol–water partition coefficient (Wildman–Crippen LogP) is 3.61. The highest BCUT2D eigenvalue weighted by Crippen LogP contribution is 2.29. The number of nitrogens with zero attached hydrogens (tertiary/aromatic N) is 3. The second-order valence-corrected chi connectivity index (χ2v) is 5.59. The van der Waals surface area contributed by atoms with Gasteiger partial charge < -0.3 is 9.64 Å². The van der Waals surface area contributed by atoms with Crippen molar-refractivity contribution in [3.05, 3.63) is 85.0 Å². The summed E-state index contributed by atoms with van der Waals surface area (Å²) in [7, 11) is 0. The van der Waals surface area contributed by atoms with Gasteiger partial charge in [-0.2, -0.15) is 5.10 Å². The lowest BCUT2D eigenvalue weighted by Crippen LogP contribution is -2.30. The first kappa shape index (κ1) is 17.4. The van der Waals surface area contributed by atoms with Crippen molar-refractivity contribution in [1.29, 1.82) is 0 Å². The summed E-state index contributed by atoms with van der Waals surface area (Å²) in [5, 5.41) is 8.27. The van der Waals surface area contributed by atoms with Gasteiger partial charge in [-0.15, -0.1) is 11.7 Å². The summed E-state index contributed by atoms with van der Waals surface area (Å²) in [6.45, 7) is 8.20. The monoisotopic (exact) mass is 345 g/mol. The van der Waals surface area contributed by atoms with Crippen LogP contribution in [-0.4, -0.2) is 31.0 Å². The summed E-state index contributed by atoms with van der Waals surface area (Å²) in [5.74, 6) is 0.548. The summed E-state index contributed by atoms with van der Waals surface area (Å²) >= 11 is 0. The first-order valence-corrected chi connectivity index (χ1v) is 8.21. The average molecular weight is 345 g/mol. The summed E-state index contributed by atoms with van der Waals surface area (Å²) < 4.78 is 5.49. The van der Waals surface area contributed by atoms with Gasteiger partial charge in [0, 0.05) is 12.1 Å². The Bertz CT molecular complexity index is 900. The smallest absolute Gasteiger partial charge is 0.279 e. The topological polar surface area (TPSA) is 54.3 Å². The third-order valence-electron chi connectivity index (χ3n) is 3.80. The van der Waals surface area contributed by atoms with Crippen LogP contribution in [0.3, 0.4) is 0 Å². The molecule has 0 bridgehead atoms. The van der Waals surface area contributed by atoms with Gasteiger partial charge in [0.15, 0.2) is 5.71 Å². The lowest BCUT2D eigenvalue weighted by atomic mass is 10.1. The van der Waals surface area contributed by atoms with Crippen LogP contribution in [0.15, 0.2) is 84.0 Å². The highest BCUT2D eigenvalue weighted by Gasteiger charge is 2.32. The number of carbonyl (C=O) groups excluding carboxylic acids is 1. The van der Waals surface area contributed by atoms with E-state index in [1.807, 2.05) is 48.5 Å². The van der Waals surface area contributed by atoms with E-state index in [4.69, 9.17) is 4.74 Å². The van der Waals surface area contributed by atoms with E-state index in [1.54, 1.807) is 23.3 Å². The van der Waals surface area contributed by atoms with E-state index in [0.717, 1.165) is 22.6 Å². The molecule has 26 heavy (non-hydrogen) atoms. The molecule has 2 aromatic carbocycles. The van der Waals surface area contributed by atoms with Gasteiger partial charge in [-0.3, -0.25) is 4.79 Å². The molecule has 5 nitrogen and oxygen atoms in total. The maximum atomic E-state index is 12.6. The first-order valence-electron chi connectivity index (χ1n) is 8.21. The number of ether oxygens (including phenoxy) is 1. The van der Waals surface area contributed by atoms with Crippen molar-refractivity contribution in [1.82, 2.24) is 0 Å². The van der Waals surface area contributed by atoms with E-state index < -0.39 is 0 Å². The van der Waals surface area contributed by atoms with Crippen molar-refractivity contribution in [2.45, 2.75) is 0 Å². The van der Waals surface area contributed by atoms with Crippen LogP contribution in [0.2, 0.25) is 0 Å². The molecule has 130 valence electrons. The number of hydrogen-bond donors (Lipinski definition) is 0. The van der Waals surface area contributed by atoms with Crippen molar-refractivity contribution in [2.24, 2.45) is 10.2 Å². The molecule has 5 heteroatoms. The van der Waals surface area contributed by atoms with E-state index in [0.29, 0.717) is 18.9 Å². The molecule has 1 aliphatic rings. The highest BCUT2D eigenvalue weighted by molar-refractivity contribution is 6.54. The third kappa shape index (κ3) is 3.62. The number of benzene rings is 2. The number of carbonyl (C=O) groups is 1. The molecule has 0 radical (unpaired) electrons. The predicted molar refractivity (Wildman–Crippen MR) is 105 cm³/mol. The lowest BCUT2D eigenvalue weighted by molar-refractivity contribution is -0.112. The zero-order chi connectivity index (χ0) is 18.4. The van der Waals surface area contributed by atoms with Crippen LogP contribution >= 0.6 is 0 Å². The van der Waals surface area contributed by atoms with E-state index >= 15 is 0 Å². The van der Waals surface area contributed by atoms with Crippen molar-refractivity contribution < 1.29 is 9.53 Å². The van der Waals surface area contributed by atoms with Crippen LogP contribution in [0.5, 0.6) is 5.75 Å². The molecule has 0 aliphatic carbocycles. The van der Waals surface area contributed by atoms with Crippen molar-refractivity contribution in [2.75, 3.05) is 18.1 Å². The number of amides is 1. The fourth-order valence-electron chi connectivity index (χ4n) is 2.66. The molecule has 0 N–H and O–H groups in total. The molecule has 0 unspecified atom stereocenters. The maximum Gasteiger partial charge on any atom is 0.279 e. The van der Waals surface area contributed by atoms with E-state index in [9.17, 15) is 4.79 Å². The minimum Gasteiger partial charge on any atom is -0.490 e. The third-order valence-corrected chi connectivity index (χ3v) is 3.80. The Kier molecular flexibility index (Phi) is 5.39. The van der Waals surface area contributed by atoms with Gasteiger partial charge in [-0.05, 0) is 23.8 Å². The van der Waals surface area contributed by atoms with E-state index in [-0.39, 0.29) is 5.91 Å². The second kappa shape index (κ2) is 8.07. The molecule has 3 rings (SSSR count). The summed E-state index contributed by atoms with van der Waals surface area (Å²) in [6, 6.07) is 15.0. The maximum absolute atomic E-state index is 12.6. The highest BCUT2D eigenvalue weighted by atomic mass is 16.5. The molecule has 1 amide bonds. The van der Waals surface area contributed by atoms with Crippen LogP contribution < -0.4 is 9.64 Å². The normalized spacial score (nSPS) is 14.7. The van der Waals surface area contributed by atoms with Crippen molar-refractivity contribution in [3.63, 3.8) is 0 Å². The molecule has 0 spiro atoms. The first-order chi connectivity index (χ1) is 12.7. The molecule has 0 saturated carbocycles. The second-order valence-electron chi connectivity index (χ2n) is 5.59. The quantitative estimate of drug-likeness (QED) is 0.437. The molecule has 0 saturated heterocycles. The Balaban J connectivity index is 1.84. The average Bonchev–Trinajstić information content (AvgIpc) is 2.93. The number of fused-ring (bicyclic) bond motifs is 1. The number of anilines is 1. The molecular weight excluding hydrogens is 326 g/mol. The molecule has 2 aromatic rings. The van der Waals surface area contributed by atoms with Crippen LogP contribution in [-0.2, 0) is 4.79 Å². The van der Waals surface area contributed by atoms with Crippen LogP contribution in [0, 0.1) is 0 Å². The van der Waals surface area contributed by atoms with E-state index in [1.165, 1.54) is 0 Å². The summed E-state index contributed by atoms with van der Waals surface area (Å²) in [6.07, 6.45) is 4.97. The zero-order valence-corrected chi connectivity index (χ0v) is 14.3. The van der Waals surface area contributed by atoms with Crippen LogP contribution in [0.25, 0.3) is 0 Å². The summed E-state index contributed by atoms with van der Waals surface area (Å²) in [4.78, 5) is 14.3. The zero-order valence-electron chi connectivity index (χ0n) is 14.3. The summed E-state index contributed by atoms with van der Waals surface area (Å²) in [5.41, 5.74) is 2.76. The fourth-order valence-corrected chi connectivity index (χ4v) is 2.66. The van der Waals surface area contributed by atoms with Crippen LogP contribution in [0.1, 0.15) is 11.1 Å². The van der Waals surface area contributed by atoms with Crippen molar-refractivity contribution >= 4 is 23.5 Å². The minimum absolute atomic E-state index is 0.175. The van der Waals surface area contributed by atoms with E-state index in [2.05, 4.69) is 23.4 Å². The van der Waals surface area contributed by atoms with Gasteiger partial charge in [0.2, 0.25) is 0 Å². The van der Waals surface area contributed by atoms with Crippen LogP contribution in [0.4, 0.5) is 5.69 Å². The Hall–Kier alpha value is -3.47. The van der Waals surface area contributed by atoms with Gasteiger partial charge >= 0.3 is 0 Å². The Morgan fingerprint density at radius 3 is 2.73 bits per heavy atom. The number of hydrogen-bond acceptors (Lipinski definition) is 4. The van der Waals surface area contributed by atoms with Gasteiger partial charge in [0.25, 0.3) is 5.91 Å². The SMILES string of the molecule is C=CCOc1cccc(/C=N\N=C2/C(=O)N(CC=C)c3ccccc32)c1. The van der Waals surface area contributed by atoms with Gasteiger partial charge in [0.05, 0.1) is 11.9 Å². The molecule has 0 aromatic heterocycles. The Labute approximate surface area is 152 Å². The molecule has 1 aliphatic heterocycles. The Morgan fingerprint density at radius 1 is 1.08 bits per heavy atom. The minimum atomic E-state index is -0.175. The van der Waals surface area contributed by atoms with Gasteiger partial charge in [-0.1, -0.05) is 49.1 Å². The molecule has 0 atom stereocenters. The fraction of sp³-hybridized carbons (Fsp3) is 0.0952. The molecular formula is C21H19N3O2. The largest absolute Gasteiger partial charge is 0.490 e. The Morgan fingerprint density at radius 2 is 1.92 bits per heavy atom. The molecule has 0 fully saturated rings. The number of rotatable bonds is 7. The number of para-hydroxylation sites is 1. The molecule has 1 heterocycles. The van der Waals surface area contributed by atoms with Gasteiger partial charge in [-0.25, -0.2) is 0 Å². The lowest BCUT2D eigenvalue weighted by Gasteiger charge is -2.13. The van der Waals surface area contributed by atoms with Crippen molar-refractivity contribution in [3.8, 4) is 5.75 Å².